The molecule has 1 N–H and O–H groups in total. The molecule has 2 aromatic heterocycles. The van der Waals surface area contributed by atoms with Crippen LogP contribution in [-0.2, 0) is 22.9 Å². The number of hydrogen-bond donors (Lipinski definition) is 1. The molecular formula is C26H28N4O4S. The van der Waals surface area contributed by atoms with E-state index in [1.165, 1.54) is 12.1 Å². The second-order valence-corrected chi connectivity index (χ2v) is 10.4. The summed E-state index contributed by atoms with van der Waals surface area (Å²) in [6.07, 6.45) is -0.517. The van der Waals surface area contributed by atoms with E-state index < -0.39 is 16.1 Å². The zero-order valence-electron chi connectivity index (χ0n) is 20.2. The van der Waals surface area contributed by atoms with Crippen molar-refractivity contribution in [2.75, 3.05) is 6.54 Å². The molecule has 0 saturated carbocycles. The van der Waals surface area contributed by atoms with E-state index in [1.807, 2.05) is 62.6 Å². The highest BCUT2D eigenvalue weighted by Gasteiger charge is 2.28. The summed E-state index contributed by atoms with van der Waals surface area (Å²) >= 11 is 0. The van der Waals surface area contributed by atoms with E-state index in [0.717, 1.165) is 51.5 Å². The molecule has 0 atom stereocenters. The van der Waals surface area contributed by atoms with Gasteiger partial charge < -0.3 is 5.11 Å². The lowest BCUT2D eigenvalue weighted by Gasteiger charge is -2.19. The smallest absolute Gasteiger partial charge is 0.421 e. The molecule has 182 valence electrons. The Hall–Kier alpha value is -3.72. The average Bonchev–Trinajstić information content (AvgIpc) is 3.18. The van der Waals surface area contributed by atoms with Gasteiger partial charge in [0.2, 0.25) is 0 Å². The molecule has 2 aromatic carbocycles. The highest BCUT2D eigenvalue weighted by molar-refractivity contribution is 7.89. The second kappa shape index (κ2) is 9.50. The molecule has 0 fully saturated rings. The van der Waals surface area contributed by atoms with Crippen molar-refractivity contribution in [3.05, 3.63) is 82.8 Å². The molecule has 0 bridgehead atoms. The lowest BCUT2D eigenvalue weighted by atomic mass is 10.1. The van der Waals surface area contributed by atoms with Gasteiger partial charge in [0.25, 0.3) is 10.0 Å². The number of carboxylic acid groups (broad SMARTS) is 1. The van der Waals surface area contributed by atoms with Gasteiger partial charge in [-0.2, -0.15) is 0 Å². The number of benzene rings is 2. The highest BCUT2D eigenvalue weighted by Crippen LogP contribution is 2.24. The first-order valence-electron chi connectivity index (χ1n) is 11.4. The normalized spacial score (nSPS) is 11.7. The lowest BCUT2D eigenvalue weighted by Crippen LogP contribution is -2.37. The molecule has 0 unspecified atom stereocenters. The number of amides is 1. The predicted octanol–water partition coefficient (Wildman–Crippen LogP) is 4.82. The van der Waals surface area contributed by atoms with Crippen LogP contribution in [0.1, 0.15) is 35.1 Å². The SMILES string of the molecule is CCc1nc2c(C)cc(C)nc2n1-c1ccc(CCN(C(=O)O)S(=O)(=O)c2ccc(C)cc2)cc1. The van der Waals surface area contributed by atoms with Crippen LogP contribution in [0.5, 0.6) is 0 Å². The van der Waals surface area contributed by atoms with Crippen molar-refractivity contribution in [3.8, 4) is 5.69 Å². The first-order chi connectivity index (χ1) is 16.6. The summed E-state index contributed by atoms with van der Waals surface area (Å²) in [6.45, 7) is 7.68. The number of nitrogens with zero attached hydrogens (tertiary/aromatic N) is 4. The molecule has 4 rings (SSSR count). The molecule has 0 radical (unpaired) electrons. The maximum absolute atomic E-state index is 12.9. The summed E-state index contributed by atoms with van der Waals surface area (Å²) < 4.78 is 28.3. The molecule has 0 aliphatic heterocycles. The van der Waals surface area contributed by atoms with Crippen LogP contribution >= 0.6 is 0 Å². The number of hydrogen-bond acceptors (Lipinski definition) is 5. The van der Waals surface area contributed by atoms with Gasteiger partial charge in [0, 0.05) is 24.3 Å². The van der Waals surface area contributed by atoms with Crippen LogP contribution in [0.25, 0.3) is 16.9 Å². The Kier molecular flexibility index (Phi) is 6.62. The van der Waals surface area contributed by atoms with Crippen LogP contribution in [0.3, 0.4) is 0 Å². The third kappa shape index (κ3) is 4.77. The van der Waals surface area contributed by atoms with Gasteiger partial charge in [-0.15, -0.1) is 0 Å². The molecule has 1 amide bonds. The van der Waals surface area contributed by atoms with E-state index in [1.54, 1.807) is 12.1 Å². The number of pyridine rings is 1. The fraction of sp³-hybridized carbons (Fsp3) is 0.269. The number of imidazole rings is 1. The molecular weight excluding hydrogens is 464 g/mol. The fourth-order valence-electron chi connectivity index (χ4n) is 4.11. The summed E-state index contributed by atoms with van der Waals surface area (Å²) in [5.74, 6) is 0.898. The minimum atomic E-state index is -4.16. The van der Waals surface area contributed by atoms with Crippen molar-refractivity contribution in [2.24, 2.45) is 0 Å². The Labute approximate surface area is 204 Å². The zero-order chi connectivity index (χ0) is 25.3. The van der Waals surface area contributed by atoms with Gasteiger partial charge in [0.15, 0.2) is 5.65 Å². The highest BCUT2D eigenvalue weighted by atomic mass is 32.2. The minimum absolute atomic E-state index is 0.0435. The summed E-state index contributed by atoms with van der Waals surface area (Å²) in [4.78, 5) is 21.2. The van der Waals surface area contributed by atoms with Crippen LogP contribution in [0.4, 0.5) is 4.79 Å². The monoisotopic (exact) mass is 492 g/mol. The summed E-state index contributed by atoms with van der Waals surface area (Å²) in [6, 6.07) is 15.8. The second-order valence-electron chi connectivity index (χ2n) is 8.56. The van der Waals surface area contributed by atoms with E-state index in [-0.39, 0.29) is 17.9 Å². The van der Waals surface area contributed by atoms with Gasteiger partial charge in [-0.05, 0) is 68.7 Å². The lowest BCUT2D eigenvalue weighted by molar-refractivity contribution is 0.172. The number of aromatic nitrogens is 3. The van der Waals surface area contributed by atoms with Gasteiger partial charge >= 0.3 is 6.09 Å². The van der Waals surface area contributed by atoms with Gasteiger partial charge in [-0.1, -0.05) is 36.8 Å². The van der Waals surface area contributed by atoms with Gasteiger partial charge in [0.1, 0.15) is 11.3 Å². The molecule has 2 heterocycles. The Morgan fingerprint density at radius 1 is 1.00 bits per heavy atom. The molecule has 9 heteroatoms. The Bertz CT molecular complexity index is 1490. The van der Waals surface area contributed by atoms with Crippen molar-refractivity contribution in [1.29, 1.82) is 0 Å². The Morgan fingerprint density at radius 2 is 1.66 bits per heavy atom. The van der Waals surface area contributed by atoms with Crippen LogP contribution in [0, 0.1) is 20.8 Å². The first-order valence-corrected chi connectivity index (χ1v) is 12.8. The van der Waals surface area contributed by atoms with Crippen molar-refractivity contribution < 1.29 is 18.3 Å². The summed E-state index contributed by atoms with van der Waals surface area (Å²) in [5, 5.41) is 9.60. The van der Waals surface area contributed by atoms with Crippen LogP contribution in [0.2, 0.25) is 0 Å². The summed E-state index contributed by atoms with van der Waals surface area (Å²) in [5.41, 5.74) is 6.27. The van der Waals surface area contributed by atoms with Crippen molar-refractivity contribution >= 4 is 27.3 Å². The van der Waals surface area contributed by atoms with E-state index in [4.69, 9.17) is 9.97 Å². The van der Waals surface area contributed by atoms with Gasteiger partial charge in [0.05, 0.1) is 4.90 Å². The standard InChI is InChI=1S/C26H28N4O4S/c1-5-23-28-24-18(3)16-19(4)27-25(24)30(23)21-10-8-20(9-11-21)14-15-29(26(31)32)35(33,34)22-12-6-17(2)7-13-22/h6-13,16H,5,14-15H2,1-4H3,(H,31,32). The molecule has 8 nitrogen and oxygen atoms in total. The Morgan fingerprint density at radius 3 is 2.26 bits per heavy atom. The minimum Gasteiger partial charge on any atom is -0.464 e. The first kappa shape index (κ1) is 24.4. The zero-order valence-corrected chi connectivity index (χ0v) is 21.0. The maximum Gasteiger partial charge on any atom is 0.421 e. The van der Waals surface area contributed by atoms with Crippen LogP contribution in [0.15, 0.2) is 59.5 Å². The number of aryl methyl sites for hydroxylation is 4. The molecule has 4 aromatic rings. The van der Waals surface area contributed by atoms with Gasteiger partial charge in [-0.3, -0.25) is 4.57 Å². The predicted molar refractivity (Wildman–Crippen MR) is 135 cm³/mol. The Balaban J connectivity index is 1.59. The van der Waals surface area contributed by atoms with Crippen molar-refractivity contribution in [2.45, 2.75) is 45.4 Å². The number of fused-ring (bicyclic) bond motifs is 1. The molecule has 35 heavy (non-hydrogen) atoms. The van der Waals surface area contributed by atoms with E-state index >= 15 is 0 Å². The summed E-state index contributed by atoms with van der Waals surface area (Å²) in [7, 11) is -4.16. The average molecular weight is 493 g/mol. The number of sulfonamides is 1. The fourth-order valence-corrected chi connectivity index (χ4v) is 5.38. The molecule has 0 aliphatic carbocycles. The van der Waals surface area contributed by atoms with E-state index in [9.17, 15) is 18.3 Å². The van der Waals surface area contributed by atoms with Crippen molar-refractivity contribution in [3.63, 3.8) is 0 Å². The van der Waals surface area contributed by atoms with E-state index in [0.29, 0.717) is 4.31 Å². The van der Waals surface area contributed by atoms with Crippen LogP contribution < -0.4 is 0 Å². The van der Waals surface area contributed by atoms with Gasteiger partial charge in [-0.25, -0.2) is 27.5 Å². The third-order valence-electron chi connectivity index (χ3n) is 5.94. The molecule has 0 spiro atoms. The number of carbonyl (C=O) groups is 1. The van der Waals surface area contributed by atoms with Crippen LogP contribution in [-0.4, -0.2) is 45.0 Å². The molecule has 0 aliphatic rings. The third-order valence-corrected chi connectivity index (χ3v) is 7.73. The number of rotatable bonds is 7. The maximum atomic E-state index is 12.9. The molecule has 0 saturated heterocycles. The topological polar surface area (TPSA) is 105 Å². The largest absolute Gasteiger partial charge is 0.464 e. The van der Waals surface area contributed by atoms with Crippen molar-refractivity contribution in [1.82, 2.24) is 18.8 Å². The quantitative estimate of drug-likeness (QED) is 0.397. The van der Waals surface area contributed by atoms with E-state index in [2.05, 4.69) is 0 Å².